The lowest BCUT2D eigenvalue weighted by molar-refractivity contribution is -0.121. The lowest BCUT2D eigenvalue weighted by atomic mass is 10.1. The van der Waals surface area contributed by atoms with Crippen LogP contribution in [0.4, 0.5) is 0 Å². The maximum atomic E-state index is 11.4. The number of hydrogen-bond donors (Lipinski definition) is 2. The fourth-order valence-electron chi connectivity index (χ4n) is 1.89. The Morgan fingerprint density at radius 3 is 2.50 bits per heavy atom. The van der Waals surface area contributed by atoms with E-state index in [1.807, 2.05) is 25.1 Å². The smallest absolute Gasteiger partial charge is 0.221 e. The minimum Gasteiger partial charge on any atom is -0.493 e. The second kappa shape index (κ2) is 9.44. The Hall–Kier alpha value is -1.46. The fraction of sp³-hybridized carbons (Fsp3) is 0.500. The highest BCUT2D eigenvalue weighted by Gasteiger charge is 2.10. The molecular weight excluding hydrogens is 280 g/mol. The number of ether oxygens (including phenoxy) is 2. The second-order valence-corrected chi connectivity index (χ2v) is 4.40. The molecule has 1 atom stereocenters. The molecule has 5 nitrogen and oxygen atoms in total. The monoisotopic (exact) mass is 302 g/mol. The molecule has 0 saturated carbocycles. The van der Waals surface area contributed by atoms with Crippen LogP contribution in [0.2, 0.25) is 0 Å². The summed E-state index contributed by atoms with van der Waals surface area (Å²) in [6.07, 6.45) is 1.09. The van der Waals surface area contributed by atoms with Gasteiger partial charge in [0, 0.05) is 19.0 Å². The summed E-state index contributed by atoms with van der Waals surface area (Å²) in [4.78, 5) is 11.4. The molecule has 1 amide bonds. The van der Waals surface area contributed by atoms with Crippen molar-refractivity contribution in [2.24, 2.45) is 5.73 Å². The molecule has 1 aromatic rings. The minimum atomic E-state index is -0.0181. The van der Waals surface area contributed by atoms with Crippen molar-refractivity contribution in [3.05, 3.63) is 23.8 Å². The third-order valence-electron chi connectivity index (χ3n) is 2.77. The number of carbonyl (C=O) groups excluding carboxylic acids is 1. The summed E-state index contributed by atoms with van der Waals surface area (Å²) in [6.45, 7) is 2.33. The van der Waals surface area contributed by atoms with Crippen molar-refractivity contribution in [2.75, 3.05) is 20.8 Å². The van der Waals surface area contributed by atoms with E-state index in [0.717, 1.165) is 12.0 Å². The molecule has 20 heavy (non-hydrogen) atoms. The van der Waals surface area contributed by atoms with Gasteiger partial charge in [-0.3, -0.25) is 4.79 Å². The SMILES string of the molecule is COc1ccc(CC(C)NC(=O)CCN)cc1OC.Cl. The summed E-state index contributed by atoms with van der Waals surface area (Å²) in [5.74, 6) is 1.38. The maximum absolute atomic E-state index is 11.4. The summed E-state index contributed by atoms with van der Waals surface area (Å²) < 4.78 is 10.4. The molecule has 0 fully saturated rings. The predicted octanol–water partition coefficient (Wildman–Crippen LogP) is 1.52. The van der Waals surface area contributed by atoms with Gasteiger partial charge in [0.15, 0.2) is 11.5 Å². The number of methoxy groups -OCH3 is 2. The van der Waals surface area contributed by atoms with Crippen molar-refractivity contribution in [3.8, 4) is 11.5 Å². The zero-order valence-corrected chi connectivity index (χ0v) is 13.0. The van der Waals surface area contributed by atoms with Gasteiger partial charge in [0.05, 0.1) is 14.2 Å². The fourth-order valence-corrected chi connectivity index (χ4v) is 1.89. The molecular formula is C14H23ClN2O3. The molecule has 0 aromatic heterocycles. The number of hydrogen-bond acceptors (Lipinski definition) is 4. The molecule has 3 N–H and O–H groups in total. The number of carbonyl (C=O) groups is 1. The van der Waals surface area contributed by atoms with Crippen LogP contribution in [0.15, 0.2) is 18.2 Å². The van der Waals surface area contributed by atoms with E-state index < -0.39 is 0 Å². The van der Waals surface area contributed by atoms with E-state index in [1.54, 1.807) is 14.2 Å². The van der Waals surface area contributed by atoms with Crippen LogP contribution in [-0.4, -0.2) is 32.7 Å². The molecule has 0 radical (unpaired) electrons. The molecule has 0 aliphatic heterocycles. The van der Waals surface area contributed by atoms with Crippen molar-refractivity contribution in [1.82, 2.24) is 5.32 Å². The van der Waals surface area contributed by atoms with E-state index in [2.05, 4.69) is 5.32 Å². The molecule has 0 spiro atoms. The van der Waals surface area contributed by atoms with E-state index in [-0.39, 0.29) is 24.4 Å². The van der Waals surface area contributed by atoms with Gasteiger partial charge in [-0.2, -0.15) is 0 Å². The van der Waals surface area contributed by atoms with E-state index in [0.29, 0.717) is 24.5 Å². The first-order valence-electron chi connectivity index (χ1n) is 6.31. The zero-order valence-electron chi connectivity index (χ0n) is 12.1. The predicted molar refractivity (Wildman–Crippen MR) is 81.8 cm³/mol. The van der Waals surface area contributed by atoms with Crippen molar-refractivity contribution >= 4 is 18.3 Å². The highest BCUT2D eigenvalue weighted by Crippen LogP contribution is 2.27. The third-order valence-corrected chi connectivity index (χ3v) is 2.77. The van der Waals surface area contributed by atoms with Crippen LogP contribution in [0, 0.1) is 0 Å². The Morgan fingerprint density at radius 2 is 1.95 bits per heavy atom. The van der Waals surface area contributed by atoms with Gasteiger partial charge in [0.1, 0.15) is 0 Å². The Kier molecular flexibility index (Phi) is 8.76. The van der Waals surface area contributed by atoms with Crippen molar-refractivity contribution in [3.63, 3.8) is 0 Å². The minimum absolute atomic E-state index is 0. The molecule has 0 saturated heterocycles. The largest absolute Gasteiger partial charge is 0.493 e. The van der Waals surface area contributed by atoms with Gasteiger partial charge in [0.25, 0.3) is 0 Å². The van der Waals surface area contributed by atoms with Crippen molar-refractivity contribution in [2.45, 2.75) is 25.8 Å². The van der Waals surface area contributed by atoms with E-state index in [1.165, 1.54) is 0 Å². The summed E-state index contributed by atoms with van der Waals surface area (Å²) in [7, 11) is 3.21. The average molecular weight is 303 g/mol. The average Bonchev–Trinajstić information content (AvgIpc) is 2.38. The van der Waals surface area contributed by atoms with Crippen LogP contribution in [0.5, 0.6) is 11.5 Å². The summed E-state index contributed by atoms with van der Waals surface area (Å²) >= 11 is 0. The summed E-state index contributed by atoms with van der Waals surface area (Å²) in [5, 5.41) is 2.90. The van der Waals surface area contributed by atoms with Crippen LogP contribution in [0.3, 0.4) is 0 Å². The molecule has 1 unspecified atom stereocenters. The van der Waals surface area contributed by atoms with Crippen LogP contribution in [0.25, 0.3) is 0 Å². The first-order valence-corrected chi connectivity index (χ1v) is 6.31. The number of amides is 1. The normalized spacial score (nSPS) is 11.2. The van der Waals surface area contributed by atoms with Crippen molar-refractivity contribution < 1.29 is 14.3 Å². The van der Waals surface area contributed by atoms with E-state index in [9.17, 15) is 4.79 Å². The highest BCUT2D eigenvalue weighted by molar-refractivity contribution is 5.85. The molecule has 0 bridgehead atoms. The van der Waals surface area contributed by atoms with Gasteiger partial charge in [-0.25, -0.2) is 0 Å². The Labute approximate surface area is 126 Å². The van der Waals surface area contributed by atoms with Crippen LogP contribution in [-0.2, 0) is 11.2 Å². The van der Waals surface area contributed by atoms with Gasteiger partial charge in [-0.15, -0.1) is 12.4 Å². The lowest BCUT2D eigenvalue weighted by Crippen LogP contribution is -2.35. The summed E-state index contributed by atoms with van der Waals surface area (Å²) in [5.41, 5.74) is 6.42. The molecule has 6 heteroatoms. The first kappa shape index (κ1) is 18.5. The number of nitrogens with one attached hydrogen (secondary N) is 1. The van der Waals surface area contributed by atoms with Crippen LogP contribution < -0.4 is 20.5 Å². The van der Waals surface area contributed by atoms with Crippen LogP contribution >= 0.6 is 12.4 Å². The lowest BCUT2D eigenvalue weighted by Gasteiger charge is -2.15. The molecule has 1 rings (SSSR count). The summed E-state index contributed by atoms with van der Waals surface area (Å²) in [6, 6.07) is 5.80. The molecule has 0 aliphatic rings. The Balaban J connectivity index is 0.00000361. The highest BCUT2D eigenvalue weighted by atomic mass is 35.5. The topological polar surface area (TPSA) is 73.6 Å². The van der Waals surface area contributed by atoms with Gasteiger partial charge < -0.3 is 20.5 Å². The van der Waals surface area contributed by atoms with E-state index >= 15 is 0 Å². The first-order chi connectivity index (χ1) is 9.10. The Morgan fingerprint density at radius 1 is 1.30 bits per heavy atom. The Bertz CT molecular complexity index is 427. The molecule has 0 aliphatic carbocycles. The third kappa shape index (κ3) is 5.67. The van der Waals surface area contributed by atoms with Gasteiger partial charge in [-0.1, -0.05) is 6.07 Å². The standard InChI is InChI=1S/C14H22N2O3.ClH/c1-10(16-14(17)6-7-15)8-11-4-5-12(18-2)13(9-11)19-3;/h4-5,9-10H,6-8,15H2,1-3H3,(H,16,17);1H. The molecule has 114 valence electrons. The van der Waals surface area contributed by atoms with E-state index in [4.69, 9.17) is 15.2 Å². The molecule has 0 heterocycles. The second-order valence-electron chi connectivity index (χ2n) is 4.40. The molecule has 1 aromatic carbocycles. The quantitative estimate of drug-likeness (QED) is 0.801. The number of halogens is 1. The van der Waals surface area contributed by atoms with Crippen LogP contribution in [0.1, 0.15) is 18.9 Å². The number of nitrogens with two attached hydrogens (primary N) is 1. The van der Waals surface area contributed by atoms with Gasteiger partial charge in [0.2, 0.25) is 5.91 Å². The maximum Gasteiger partial charge on any atom is 0.221 e. The zero-order chi connectivity index (χ0) is 14.3. The number of benzene rings is 1. The van der Waals surface area contributed by atoms with Crippen molar-refractivity contribution in [1.29, 1.82) is 0 Å². The van der Waals surface area contributed by atoms with Gasteiger partial charge in [-0.05, 0) is 31.0 Å². The number of rotatable bonds is 7. The van der Waals surface area contributed by atoms with Gasteiger partial charge >= 0.3 is 0 Å².